The highest BCUT2D eigenvalue weighted by molar-refractivity contribution is 6.31. The van der Waals surface area contributed by atoms with Crippen LogP contribution in [-0.4, -0.2) is 72.2 Å². The molecule has 0 aromatic heterocycles. The zero-order chi connectivity index (χ0) is 31.5. The Kier molecular flexibility index (Phi) is 10.2. The number of carbonyl (C=O) groups is 2. The number of benzene rings is 1. The molecule has 9 N–H and O–H groups in total. The second kappa shape index (κ2) is 13.5. The number of hydrogen-bond acceptors (Lipinski definition) is 9. The van der Waals surface area contributed by atoms with E-state index < -0.39 is 29.5 Å². The first-order chi connectivity index (χ1) is 20.4. The van der Waals surface area contributed by atoms with Gasteiger partial charge in [0, 0.05) is 49.1 Å². The van der Waals surface area contributed by atoms with Crippen molar-refractivity contribution in [1.29, 1.82) is 0 Å². The zero-order valence-corrected chi connectivity index (χ0v) is 25.4. The summed E-state index contributed by atoms with van der Waals surface area (Å²) in [6, 6.07) is 2.70. The molecule has 1 saturated heterocycles. The summed E-state index contributed by atoms with van der Waals surface area (Å²) in [5, 5.41) is 5.28. The summed E-state index contributed by atoms with van der Waals surface area (Å²) in [6.07, 6.45) is 1.67. The lowest BCUT2D eigenvalue weighted by Crippen LogP contribution is -2.54. The third kappa shape index (κ3) is 6.60. The van der Waals surface area contributed by atoms with Gasteiger partial charge in [-0.05, 0) is 43.4 Å². The van der Waals surface area contributed by atoms with Crippen LogP contribution in [0.25, 0.3) is 0 Å². The van der Waals surface area contributed by atoms with Crippen LogP contribution in [0.3, 0.4) is 0 Å². The number of nitrogens with zero attached hydrogens (tertiary/aromatic N) is 4. The summed E-state index contributed by atoms with van der Waals surface area (Å²) < 4.78 is 33.3. The lowest BCUT2D eigenvalue weighted by Gasteiger charge is -2.46. The molecule has 15 heteroatoms. The van der Waals surface area contributed by atoms with Gasteiger partial charge in [0.05, 0.1) is 17.7 Å². The number of allylic oxidation sites excluding steroid dienone is 1. The van der Waals surface area contributed by atoms with Gasteiger partial charge in [-0.25, -0.2) is 26.0 Å². The van der Waals surface area contributed by atoms with Crippen LogP contribution in [0.15, 0.2) is 28.6 Å². The summed E-state index contributed by atoms with van der Waals surface area (Å²) in [5.41, 5.74) is 14.5. The fourth-order valence-electron chi connectivity index (χ4n) is 6.65. The van der Waals surface area contributed by atoms with Crippen molar-refractivity contribution in [1.82, 2.24) is 20.3 Å². The molecule has 1 aliphatic carbocycles. The molecule has 43 heavy (non-hydrogen) atoms. The third-order valence-electron chi connectivity index (χ3n) is 8.99. The SMILES string of the molecule is CN(N)/C(=C(\N)COc1ccc(Cl)c2c1C(CN1CCCC1=O)N(C(=O)C1CCCC[C@]1(C)/C(N)=N/NN)CC2)C(F)F. The van der Waals surface area contributed by atoms with Gasteiger partial charge in [-0.3, -0.25) is 9.59 Å². The van der Waals surface area contributed by atoms with E-state index in [2.05, 4.69) is 10.6 Å². The number of fused-ring (bicyclic) bond motifs is 1. The summed E-state index contributed by atoms with van der Waals surface area (Å²) >= 11 is 6.67. The Hall–Kier alpha value is -3.36. The molecule has 1 saturated carbocycles. The average molecular weight is 626 g/mol. The molecule has 2 unspecified atom stereocenters. The molecule has 238 valence electrons. The summed E-state index contributed by atoms with van der Waals surface area (Å²) in [5.74, 6) is 11.0. The van der Waals surface area contributed by atoms with Crippen molar-refractivity contribution in [3.63, 3.8) is 0 Å². The first kappa shape index (κ1) is 32.6. The number of nitrogens with two attached hydrogens (primary N) is 4. The van der Waals surface area contributed by atoms with E-state index >= 15 is 0 Å². The predicted octanol–water partition coefficient (Wildman–Crippen LogP) is 1.94. The number of amidine groups is 1. The van der Waals surface area contributed by atoms with Crippen LogP contribution in [0.2, 0.25) is 5.02 Å². The van der Waals surface area contributed by atoms with Gasteiger partial charge in [0.15, 0.2) is 0 Å². The van der Waals surface area contributed by atoms with Crippen LogP contribution in [0.5, 0.6) is 5.75 Å². The van der Waals surface area contributed by atoms with E-state index in [1.54, 1.807) is 21.9 Å². The standard InChI is InChI=1S/C28H42ClF2N9O3/c1-28(27(33)36-37-34)11-4-3-6-17(28)26(42)40-13-10-16-18(29)8-9-21(43-15-19(32)24(25(30)31)38(2)35)23(16)20(40)14-39-12-5-7-22(39)41/h8-9,17,20,25,37H,3-7,10-15,32,34-35H2,1-2H3,(H2,33,36)/b24-19-/t17?,20?,28-/m0/s1. The number of nitrogens with one attached hydrogen (secondary N) is 1. The van der Waals surface area contributed by atoms with Crippen LogP contribution in [0, 0.1) is 11.3 Å². The lowest BCUT2D eigenvalue weighted by molar-refractivity contribution is -0.144. The Morgan fingerprint density at radius 3 is 2.63 bits per heavy atom. The Labute approximate surface area is 255 Å². The van der Waals surface area contributed by atoms with Gasteiger partial charge in [-0.1, -0.05) is 31.4 Å². The highest BCUT2D eigenvalue weighted by atomic mass is 35.5. The molecule has 4 rings (SSSR count). The highest BCUT2D eigenvalue weighted by Gasteiger charge is 2.48. The molecule has 1 aromatic carbocycles. The lowest BCUT2D eigenvalue weighted by atomic mass is 9.66. The number of halogens is 3. The van der Waals surface area contributed by atoms with Crippen LogP contribution < -0.4 is 33.4 Å². The Morgan fingerprint density at radius 2 is 2.00 bits per heavy atom. The quantitative estimate of drug-likeness (QED) is 0.112. The molecule has 1 aromatic rings. The van der Waals surface area contributed by atoms with Gasteiger partial charge in [-0.2, -0.15) is 5.10 Å². The van der Waals surface area contributed by atoms with Gasteiger partial charge < -0.3 is 31.0 Å². The second-order valence-electron chi connectivity index (χ2n) is 11.6. The van der Waals surface area contributed by atoms with Crippen molar-refractivity contribution >= 4 is 29.3 Å². The Bertz CT molecular complexity index is 1270. The maximum absolute atomic E-state index is 14.5. The predicted molar refractivity (Wildman–Crippen MR) is 159 cm³/mol. The van der Waals surface area contributed by atoms with E-state index in [1.165, 1.54) is 7.05 Å². The molecular formula is C28H42ClF2N9O3. The van der Waals surface area contributed by atoms with E-state index in [0.29, 0.717) is 55.1 Å². The number of hydrogen-bond donors (Lipinski definition) is 5. The molecule has 0 spiro atoms. The minimum absolute atomic E-state index is 0.00309. The fourth-order valence-corrected chi connectivity index (χ4v) is 6.91. The Morgan fingerprint density at radius 1 is 1.26 bits per heavy atom. The maximum Gasteiger partial charge on any atom is 0.281 e. The smallest absolute Gasteiger partial charge is 0.281 e. The molecule has 2 fully saturated rings. The van der Waals surface area contributed by atoms with Crippen LogP contribution >= 0.6 is 11.6 Å². The number of hydrazone groups is 1. The molecule has 0 bridgehead atoms. The van der Waals surface area contributed by atoms with E-state index in [0.717, 1.165) is 29.8 Å². The normalized spacial score (nSPS) is 25.0. The molecule has 2 aliphatic heterocycles. The van der Waals surface area contributed by atoms with Crippen LogP contribution in [0.1, 0.15) is 62.6 Å². The van der Waals surface area contributed by atoms with Crippen molar-refractivity contribution in [3.05, 3.63) is 39.7 Å². The average Bonchev–Trinajstić information content (AvgIpc) is 3.36. The molecule has 3 aliphatic rings. The van der Waals surface area contributed by atoms with Crippen LogP contribution in [-0.2, 0) is 16.0 Å². The van der Waals surface area contributed by atoms with Gasteiger partial charge >= 0.3 is 0 Å². The first-order valence-corrected chi connectivity index (χ1v) is 14.8. The number of rotatable bonds is 10. The first-order valence-electron chi connectivity index (χ1n) is 14.5. The molecular weight excluding hydrogens is 584 g/mol. The monoisotopic (exact) mass is 625 g/mol. The number of likely N-dealkylation sites (tertiary alicyclic amines) is 1. The van der Waals surface area contributed by atoms with Gasteiger partial charge in [0.25, 0.3) is 6.43 Å². The van der Waals surface area contributed by atoms with Gasteiger partial charge in [-0.15, -0.1) is 0 Å². The third-order valence-corrected chi connectivity index (χ3v) is 9.35. The largest absolute Gasteiger partial charge is 0.487 e. The number of ether oxygens (including phenoxy) is 1. The van der Waals surface area contributed by atoms with Crippen molar-refractivity contribution < 1.29 is 23.1 Å². The number of amides is 2. The van der Waals surface area contributed by atoms with E-state index in [1.807, 2.05) is 6.92 Å². The van der Waals surface area contributed by atoms with E-state index in [-0.39, 0.29) is 36.5 Å². The van der Waals surface area contributed by atoms with Crippen LogP contribution in [0.4, 0.5) is 8.78 Å². The Balaban J connectivity index is 1.76. The molecule has 12 nitrogen and oxygen atoms in total. The second-order valence-corrected chi connectivity index (χ2v) is 12.0. The van der Waals surface area contributed by atoms with Crippen molar-refractivity contribution in [2.75, 3.05) is 33.3 Å². The van der Waals surface area contributed by atoms with E-state index in [9.17, 15) is 18.4 Å². The van der Waals surface area contributed by atoms with Crippen molar-refractivity contribution in [2.24, 2.45) is 39.6 Å². The van der Waals surface area contributed by atoms with E-state index in [4.69, 9.17) is 39.5 Å². The highest BCUT2D eigenvalue weighted by Crippen LogP contribution is 2.46. The van der Waals surface area contributed by atoms with Gasteiger partial charge in [0.1, 0.15) is 23.9 Å². The number of alkyl halides is 2. The van der Waals surface area contributed by atoms with Crippen molar-refractivity contribution in [3.8, 4) is 5.75 Å². The molecule has 0 radical (unpaired) electrons. The summed E-state index contributed by atoms with van der Waals surface area (Å²) in [7, 11) is 1.27. The minimum Gasteiger partial charge on any atom is -0.487 e. The summed E-state index contributed by atoms with van der Waals surface area (Å²) in [4.78, 5) is 30.8. The molecule has 2 heterocycles. The molecule has 3 atom stereocenters. The topological polar surface area (TPSA) is 182 Å². The maximum atomic E-state index is 14.5. The van der Waals surface area contributed by atoms with Gasteiger partial charge in [0.2, 0.25) is 11.8 Å². The van der Waals surface area contributed by atoms with Crippen molar-refractivity contribution in [2.45, 2.75) is 64.3 Å². The fraction of sp³-hybridized carbons (Fsp3) is 0.607. The summed E-state index contributed by atoms with van der Waals surface area (Å²) in [6.45, 7) is 2.69. The number of carbonyl (C=O) groups excluding carboxylic acids is 2. The number of hydrazine groups is 2. The molecule has 2 amide bonds. The zero-order valence-electron chi connectivity index (χ0n) is 24.6. The minimum atomic E-state index is -2.91.